The zero-order chi connectivity index (χ0) is 11.0. The van der Waals surface area contributed by atoms with E-state index in [0.717, 1.165) is 18.2 Å². The van der Waals surface area contributed by atoms with E-state index in [9.17, 15) is 8.42 Å². The second kappa shape index (κ2) is 7.65. The van der Waals surface area contributed by atoms with Gasteiger partial charge in [-0.05, 0) is 12.3 Å². The molecule has 0 amide bonds. The molecule has 0 bridgehead atoms. The van der Waals surface area contributed by atoms with Gasteiger partial charge in [0, 0.05) is 12.4 Å². The Balaban J connectivity index is 4.04. The molecule has 14 heavy (non-hydrogen) atoms. The van der Waals surface area contributed by atoms with Gasteiger partial charge < -0.3 is 4.74 Å². The molecule has 0 aliphatic heterocycles. The van der Waals surface area contributed by atoms with E-state index in [1.165, 1.54) is 7.11 Å². The van der Waals surface area contributed by atoms with Gasteiger partial charge in [0.2, 0.25) is 0 Å². The molecule has 0 aromatic rings. The predicted molar refractivity (Wildman–Crippen MR) is 62.7 cm³/mol. The van der Waals surface area contributed by atoms with Gasteiger partial charge in [0.05, 0.1) is 18.1 Å². The summed E-state index contributed by atoms with van der Waals surface area (Å²) in [6, 6.07) is 0. The Bertz CT molecular complexity index is 226. The summed E-state index contributed by atoms with van der Waals surface area (Å²) in [5.74, 6) is 0.647. The summed E-state index contributed by atoms with van der Waals surface area (Å²) >= 11 is 3.34. The van der Waals surface area contributed by atoms with Crippen LogP contribution in [0.25, 0.3) is 0 Å². The number of rotatable bonds is 8. The fraction of sp³-hybridized carbons (Fsp3) is 1.00. The lowest BCUT2D eigenvalue weighted by atomic mass is 10.1. The molecule has 0 rings (SSSR count). The van der Waals surface area contributed by atoms with Crippen molar-refractivity contribution in [2.45, 2.75) is 19.8 Å². The van der Waals surface area contributed by atoms with Crippen molar-refractivity contribution >= 4 is 25.8 Å². The van der Waals surface area contributed by atoms with E-state index in [0.29, 0.717) is 6.61 Å². The van der Waals surface area contributed by atoms with Gasteiger partial charge in [-0.25, -0.2) is 8.42 Å². The van der Waals surface area contributed by atoms with Crippen LogP contribution < -0.4 is 0 Å². The highest BCUT2D eigenvalue weighted by atomic mass is 79.9. The van der Waals surface area contributed by atoms with Crippen LogP contribution in [0.5, 0.6) is 0 Å². The molecule has 0 aliphatic rings. The lowest BCUT2D eigenvalue weighted by molar-refractivity contribution is 0.217. The first kappa shape index (κ1) is 14.4. The van der Waals surface area contributed by atoms with E-state index in [1.807, 2.05) is 0 Å². The molecule has 0 saturated carbocycles. The minimum atomic E-state index is -2.93. The lowest BCUT2D eigenvalue weighted by Gasteiger charge is -2.12. The quantitative estimate of drug-likeness (QED) is 0.640. The van der Waals surface area contributed by atoms with E-state index in [4.69, 9.17) is 4.74 Å². The number of hydrogen-bond donors (Lipinski definition) is 0. The number of sulfone groups is 1. The largest absolute Gasteiger partial charge is 0.384 e. The van der Waals surface area contributed by atoms with Crippen LogP contribution in [0.3, 0.4) is 0 Å². The molecule has 0 saturated heterocycles. The third-order valence-electron chi connectivity index (χ3n) is 2.00. The second-order valence-corrected chi connectivity index (χ2v) is 6.29. The minimum Gasteiger partial charge on any atom is -0.384 e. The summed E-state index contributed by atoms with van der Waals surface area (Å²) in [5, 5.41) is 0.757. The molecule has 1 unspecified atom stereocenters. The van der Waals surface area contributed by atoms with Crippen molar-refractivity contribution in [2.24, 2.45) is 5.92 Å². The van der Waals surface area contributed by atoms with Crippen molar-refractivity contribution in [2.75, 3.05) is 30.6 Å². The first-order valence-corrected chi connectivity index (χ1v) is 7.75. The summed E-state index contributed by atoms with van der Waals surface area (Å²) in [4.78, 5) is 0. The van der Waals surface area contributed by atoms with E-state index in [1.54, 1.807) is 0 Å². The molecule has 0 aromatic heterocycles. The smallest absolute Gasteiger partial charge is 0.152 e. The van der Waals surface area contributed by atoms with Gasteiger partial charge in [0.1, 0.15) is 0 Å². The first-order chi connectivity index (χ1) is 6.55. The molecule has 0 aliphatic carbocycles. The minimum absolute atomic E-state index is 0.136. The van der Waals surface area contributed by atoms with Gasteiger partial charge >= 0.3 is 0 Å². The summed E-state index contributed by atoms with van der Waals surface area (Å²) < 4.78 is 27.8. The van der Waals surface area contributed by atoms with E-state index in [2.05, 4.69) is 22.9 Å². The Hall–Kier alpha value is 0.390. The van der Waals surface area contributed by atoms with Gasteiger partial charge in [-0.15, -0.1) is 0 Å². The van der Waals surface area contributed by atoms with Gasteiger partial charge in [0.15, 0.2) is 9.84 Å². The number of halogens is 1. The molecule has 86 valence electrons. The van der Waals surface area contributed by atoms with E-state index in [-0.39, 0.29) is 17.4 Å². The molecule has 3 nitrogen and oxygen atoms in total. The summed E-state index contributed by atoms with van der Waals surface area (Å²) in [5.41, 5.74) is 0. The molecule has 1 atom stereocenters. The van der Waals surface area contributed by atoms with Crippen LogP contribution in [-0.2, 0) is 14.6 Å². The van der Waals surface area contributed by atoms with Gasteiger partial charge in [-0.3, -0.25) is 0 Å². The average molecular weight is 287 g/mol. The van der Waals surface area contributed by atoms with Crippen LogP contribution in [0, 0.1) is 5.92 Å². The molecule has 0 heterocycles. The molecule has 0 radical (unpaired) electrons. The maximum atomic E-state index is 11.5. The van der Waals surface area contributed by atoms with Crippen molar-refractivity contribution in [3.8, 4) is 0 Å². The fourth-order valence-corrected chi connectivity index (χ4v) is 3.71. The highest BCUT2D eigenvalue weighted by Crippen LogP contribution is 2.12. The zero-order valence-electron chi connectivity index (χ0n) is 8.83. The van der Waals surface area contributed by atoms with E-state index < -0.39 is 9.84 Å². The molecule has 0 aromatic carbocycles. The Labute approximate surface area is 95.3 Å². The number of ether oxygens (including phenoxy) is 1. The van der Waals surface area contributed by atoms with Crippen molar-refractivity contribution in [3.05, 3.63) is 0 Å². The van der Waals surface area contributed by atoms with Crippen LogP contribution in [-0.4, -0.2) is 39.0 Å². The Kier molecular flexibility index (Phi) is 7.86. The summed E-state index contributed by atoms with van der Waals surface area (Å²) in [6.07, 6.45) is 1.98. The molecule has 0 N–H and O–H groups in total. The second-order valence-electron chi connectivity index (χ2n) is 3.42. The highest BCUT2D eigenvalue weighted by Gasteiger charge is 2.17. The molecule has 0 fully saturated rings. The maximum Gasteiger partial charge on any atom is 0.152 e. The van der Waals surface area contributed by atoms with Crippen molar-refractivity contribution in [3.63, 3.8) is 0 Å². The molecule has 5 heteroatoms. The Morgan fingerprint density at radius 3 is 2.50 bits per heavy atom. The third-order valence-corrected chi connectivity index (χ3v) is 4.69. The van der Waals surface area contributed by atoms with Crippen LogP contribution in [0.1, 0.15) is 19.8 Å². The lowest BCUT2D eigenvalue weighted by Crippen LogP contribution is -2.22. The topological polar surface area (TPSA) is 43.4 Å². The Morgan fingerprint density at radius 1 is 1.43 bits per heavy atom. The third kappa shape index (κ3) is 6.79. The Morgan fingerprint density at radius 2 is 2.07 bits per heavy atom. The number of methoxy groups -OCH3 is 1. The average Bonchev–Trinajstić information content (AvgIpc) is 2.14. The molecular formula is C9H19BrO3S. The normalized spacial score (nSPS) is 14.2. The number of alkyl halides is 1. The summed E-state index contributed by atoms with van der Waals surface area (Å²) in [7, 11) is -1.41. The van der Waals surface area contributed by atoms with Crippen molar-refractivity contribution in [1.82, 2.24) is 0 Å². The number of hydrogen-bond acceptors (Lipinski definition) is 3. The zero-order valence-corrected chi connectivity index (χ0v) is 11.2. The van der Waals surface area contributed by atoms with Crippen LogP contribution in [0.15, 0.2) is 0 Å². The summed E-state index contributed by atoms with van der Waals surface area (Å²) in [6.45, 7) is 2.36. The van der Waals surface area contributed by atoms with Gasteiger partial charge in [0.25, 0.3) is 0 Å². The maximum absolute atomic E-state index is 11.5. The first-order valence-electron chi connectivity index (χ1n) is 4.81. The predicted octanol–water partition coefficient (Wildman–Crippen LogP) is 1.86. The van der Waals surface area contributed by atoms with Crippen molar-refractivity contribution < 1.29 is 13.2 Å². The van der Waals surface area contributed by atoms with Crippen LogP contribution >= 0.6 is 15.9 Å². The van der Waals surface area contributed by atoms with Crippen LogP contribution in [0.4, 0.5) is 0 Å². The molecular weight excluding hydrogens is 268 g/mol. The molecule has 0 spiro atoms. The highest BCUT2D eigenvalue weighted by molar-refractivity contribution is 9.09. The van der Waals surface area contributed by atoms with Gasteiger partial charge in [-0.1, -0.05) is 29.3 Å². The standard InChI is InChI=1S/C9H19BrO3S/c1-3-4-9(7-10)8-14(11,12)6-5-13-2/h9H,3-8H2,1-2H3. The SMILES string of the molecule is CCCC(CBr)CS(=O)(=O)CCOC. The fourth-order valence-electron chi connectivity index (χ4n) is 1.27. The van der Waals surface area contributed by atoms with Crippen molar-refractivity contribution in [1.29, 1.82) is 0 Å². The van der Waals surface area contributed by atoms with Crippen LogP contribution in [0.2, 0.25) is 0 Å². The monoisotopic (exact) mass is 286 g/mol. The van der Waals surface area contributed by atoms with Gasteiger partial charge in [-0.2, -0.15) is 0 Å². The van der Waals surface area contributed by atoms with E-state index >= 15 is 0 Å².